The number of nitrogens with one attached hydrogen (secondary N) is 1. The molecular weight excluding hydrogens is 232 g/mol. The Morgan fingerprint density at radius 2 is 2.28 bits per heavy atom. The molecule has 2 saturated heterocycles. The van der Waals surface area contributed by atoms with Gasteiger partial charge in [-0.1, -0.05) is 6.92 Å². The summed E-state index contributed by atoms with van der Waals surface area (Å²) in [6.45, 7) is 4.63. The van der Waals surface area contributed by atoms with Crippen molar-refractivity contribution in [2.75, 3.05) is 26.2 Å². The monoisotopic (exact) mass is 254 g/mol. The van der Waals surface area contributed by atoms with Gasteiger partial charge in [0.05, 0.1) is 11.3 Å². The Balaban J connectivity index is 2.05. The largest absolute Gasteiger partial charge is 0.481 e. The van der Waals surface area contributed by atoms with E-state index in [9.17, 15) is 14.7 Å². The number of carboxylic acid groups (broad SMARTS) is 1. The number of rotatable bonds is 3. The predicted octanol–water partition coefficient (Wildman–Crippen LogP) is 0.699. The van der Waals surface area contributed by atoms with E-state index >= 15 is 0 Å². The quantitative estimate of drug-likeness (QED) is 0.778. The highest BCUT2D eigenvalue weighted by Gasteiger charge is 2.43. The lowest BCUT2D eigenvalue weighted by Gasteiger charge is -2.40. The van der Waals surface area contributed by atoms with Crippen molar-refractivity contribution in [2.45, 2.75) is 32.6 Å². The zero-order valence-electron chi connectivity index (χ0n) is 10.9. The number of hydrogen-bond donors (Lipinski definition) is 2. The molecule has 102 valence electrons. The molecule has 0 aromatic heterocycles. The molecule has 0 spiro atoms. The number of carbonyl (C=O) groups is 2. The fourth-order valence-electron chi connectivity index (χ4n) is 3.06. The number of aliphatic carboxylic acids is 1. The molecule has 2 aliphatic heterocycles. The Bertz CT molecular complexity index is 339. The average molecular weight is 254 g/mol. The molecule has 0 aromatic carbocycles. The van der Waals surface area contributed by atoms with Gasteiger partial charge in [-0.3, -0.25) is 9.59 Å². The van der Waals surface area contributed by atoms with Gasteiger partial charge in [0.1, 0.15) is 0 Å². The number of carboxylic acids is 1. The van der Waals surface area contributed by atoms with Crippen molar-refractivity contribution in [2.24, 2.45) is 11.3 Å². The molecule has 2 fully saturated rings. The van der Waals surface area contributed by atoms with Crippen LogP contribution in [0.1, 0.15) is 32.6 Å². The predicted molar refractivity (Wildman–Crippen MR) is 67.2 cm³/mol. The number of likely N-dealkylation sites (tertiary alicyclic amines) is 1. The van der Waals surface area contributed by atoms with E-state index in [0.717, 1.165) is 25.9 Å². The van der Waals surface area contributed by atoms with Crippen LogP contribution in [0.2, 0.25) is 0 Å². The molecule has 1 amide bonds. The fraction of sp³-hybridized carbons (Fsp3) is 0.846. The summed E-state index contributed by atoms with van der Waals surface area (Å²) in [5.41, 5.74) is -0.722. The Morgan fingerprint density at radius 3 is 2.83 bits per heavy atom. The SMILES string of the molecule is CCC1(C(=O)O)CCCN(C(=O)C2CCNC2)C1. The van der Waals surface area contributed by atoms with E-state index in [-0.39, 0.29) is 11.8 Å². The molecule has 5 heteroatoms. The molecule has 2 rings (SSSR count). The zero-order valence-corrected chi connectivity index (χ0v) is 10.9. The van der Waals surface area contributed by atoms with Crippen LogP contribution in [0, 0.1) is 11.3 Å². The summed E-state index contributed by atoms with van der Waals surface area (Å²) in [5.74, 6) is -0.572. The maximum absolute atomic E-state index is 12.3. The van der Waals surface area contributed by atoms with Crippen molar-refractivity contribution < 1.29 is 14.7 Å². The van der Waals surface area contributed by atoms with Gasteiger partial charge in [-0.25, -0.2) is 0 Å². The van der Waals surface area contributed by atoms with E-state index in [4.69, 9.17) is 0 Å². The Hall–Kier alpha value is -1.10. The first-order chi connectivity index (χ1) is 8.59. The molecule has 18 heavy (non-hydrogen) atoms. The summed E-state index contributed by atoms with van der Waals surface area (Å²) in [7, 11) is 0. The van der Waals surface area contributed by atoms with Crippen molar-refractivity contribution in [1.82, 2.24) is 10.2 Å². The third-order valence-corrected chi connectivity index (χ3v) is 4.43. The molecule has 2 unspecified atom stereocenters. The van der Waals surface area contributed by atoms with Gasteiger partial charge in [-0.05, 0) is 32.2 Å². The highest BCUT2D eigenvalue weighted by Crippen LogP contribution is 2.34. The zero-order chi connectivity index (χ0) is 13.2. The van der Waals surface area contributed by atoms with E-state index in [1.807, 2.05) is 6.92 Å². The molecule has 5 nitrogen and oxygen atoms in total. The van der Waals surface area contributed by atoms with Crippen LogP contribution in [0.5, 0.6) is 0 Å². The summed E-state index contributed by atoms with van der Waals surface area (Å²) >= 11 is 0. The van der Waals surface area contributed by atoms with Crippen molar-refractivity contribution >= 4 is 11.9 Å². The minimum absolute atomic E-state index is 0.0476. The maximum Gasteiger partial charge on any atom is 0.311 e. The van der Waals surface area contributed by atoms with Crippen LogP contribution in [0.15, 0.2) is 0 Å². The van der Waals surface area contributed by atoms with Crippen LogP contribution in [-0.2, 0) is 9.59 Å². The summed E-state index contributed by atoms with van der Waals surface area (Å²) < 4.78 is 0. The first-order valence-corrected chi connectivity index (χ1v) is 6.82. The Morgan fingerprint density at radius 1 is 1.50 bits per heavy atom. The molecule has 2 aliphatic rings. The number of piperidine rings is 1. The highest BCUT2D eigenvalue weighted by molar-refractivity contribution is 5.81. The Labute approximate surface area is 108 Å². The second-order valence-corrected chi connectivity index (χ2v) is 5.49. The molecule has 0 bridgehead atoms. The lowest BCUT2D eigenvalue weighted by molar-refractivity contribution is -0.156. The lowest BCUT2D eigenvalue weighted by Crippen LogP contribution is -2.51. The maximum atomic E-state index is 12.3. The van der Waals surface area contributed by atoms with Crippen LogP contribution in [-0.4, -0.2) is 48.1 Å². The molecule has 0 saturated carbocycles. The van der Waals surface area contributed by atoms with E-state index in [2.05, 4.69) is 5.32 Å². The second-order valence-electron chi connectivity index (χ2n) is 5.49. The van der Waals surface area contributed by atoms with Crippen LogP contribution in [0.3, 0.4) is 0 Å². The van der Waals surface area contributed by atoms with Gasteiger partial charge in [-0.2, -0.15) is 0 Å². The molecule has 0 radical (unpaired) electrons. The highest BCUT2D eigenvalue weighted by atomic mass is 16.4. The van der Waals surface area contributed by atoms with Crippen molar-refractivity contribution in [3.05, 3.63) is 0 Å². The third kappa shape index (κ3) is 2.36. The number of hydrogen-bond acceptors (Lipinski definition) is 3. The van der Waals surface area contributed by atoms with Crippen LogP contribution >= 0.6 is 0 Å². The normalized spacial score (nSPS) is 32.5. The minimum atomic E-state index is -0.757. The fourth-order valence-corrected chi connectivity index (χ4v) is 3.06. The molecule has 2 N–H and O–H groups in total. The lowest BCUT2D eigenvalue weighted by atomic mass is 9.77. The third-order valence-electron chi connectivity index (χ3n) is 4.43. The molecule has 0 aliphatic carbocycles. The first-order valence-electron chi connectivity index (χ1n) is 6.82. The van der Waals surface area contributed by atoms with E-state index in [1.54, 1.807) is 4.90 Å². The van der Waals surface area contributed by atoms with Gasteiger partial charge >= 0.3 is 5.97 Å². The number of nitrogens with zero attached hydrogens (tertiary/aromatic N) is 1. The first kappa shape index (κ1) is 13.3. The molecule has 2 atom stereocenters. The van der Waals surface area contributed by atoms with Gasteiger partial charge in [0.2, 0.25) is 5.91 Å². The minimum Gasteiger partial charge on any atom is -0.481 e. The topological polar surface area (TPSA) is 69.6 Å². The summed E-state index contributed by atoms with van der Waals surface area (Å²) in [4.78, 5) is 25.5. The van der Waals surface area contributed by atoms with Gasteiger partial charge in [0.25, 0.3) is 0 Å². The summed E-state index contributed by atoms with van der Waals surface area (Å²) in [5, 5.41) is 12.6. The van der Waals surface area contributed by atoms with Crippen LogP contribution < -0.4 is 5.32 Å². The van der Waals surface area contributed by atoms with Gasteiger partial charge in [-0.15, -0.1) is 0 Å². The van der Waals surface area contributed by atoms with Gasteiger partial charge in [0.15, 0.2) is 0 Å². The number of amides is 1. The Kier molecular flexibility index (Phi) is 3.90. The molecular formula is C13H22N2O3. The van der Waals surface area contributed by atoms with Crippen molar-refractivity contribution in [3.63, 3.8) is 0 Å². The van der Waals surface area contributed by atoms with Crippen molar-refractivity contribution in [1.29, 1.82) is 0 Å². The van der Waals surface area contributed by atoms with Gasteiger partial charge in [0, 0.05) is 19.6 Å². The standard InChI is InChI=1S/C13H22N2O3/c1-2-13(12(17)18)5-3-7-15(9-13)11(16)10-4-6-14-8-10/h10,14H,2-9H2,1H3,(H,17,18). The van der Waals surface area contributed by atoms with Crippen LogP contribution in [0.25, 0.3) is 0 Å². The van der Waals surface area contributed by atoms with E-state index < -0.39 is 11.4 Å². The van der Waals surface area contributed by atoms with E-state index in [1.165, 1.54) is 0 Å². The van der Waals surface area contributed by atoms with Crippen molar-refractivity contribution in [3.8, 4) is 0 Å². The summed E-state index contributed by atoms with van der Waals surface area (Å²) in [6, 6.07) is 0. The van der Waals surface area contributed by atoms with Gasteiger partial charge < -0.3 is 15.3 Å². The van der Waals surface area contributed by atoms with E-state index in [0.29, 0.717) is 25.9 Å². The summed E-state index contributed by atoms with van der Waals surface area (Å²) in [6.07, 6.45) is 2.95. The van der Waals surface area contributed by atoms with Crippen LogP contribution in [0.4, 0.5) is 0 Å². The number of carbonyl (C=O) groups excluding carboxylic acids is 1. The molecule has 2 heterocycles. The molecule has 0 aromatic rings. The second kappa shape index (κ2) is 5.26. The smallest absolute Gasteiger partial charge is 0.311 e. The average Bonchev–Trinajstić information content (AvgIpc) is 2.91.